The van der Waals surface area contributed by atoms with Gasteiger partial charge in [-0.15, -0.1) is 0 Å². The highest BCUT2D eigenvalue weighted by Crippen LogP contribution is 2.27. The summed E-state index contributed by atoms with van der Waals surface area (Å²) in [5.74, 6) is -0.484. The molecule has 0 fully saturated rings. The van der Waals surface area contributed by atoms with Gasteiger partial charge in [-0.05, 0) is 54.4 Å². The highest BCUT2D eigenvalue weighted by Gasteiger charge is 2.27. The van der Waals surface area contributed by atoms with E-state index >= 15 is 0 Å². The summed E-state index contributed by atoms with van der Waals surface area (Å²) >= 11 is 0. The van der Waals surface area contributed by atoms with Crippen LogP contribution in [0.2, 0.25) is 0 Å². The Balaban J connectivity index is 1.51. The highest BCUT2D eigenvalue weighted by molar-refractivity contribution is 5.97. The zero-order chi connectivity index (χ0) is 27.2. The van der Waals surface area contributed by atoms with Gasteiger partial charge in [-0.3, -0.25) is 9.59 Å². The quantitative estimate of drug-likeness (QED) is 0.265. The third kappa shape index (κ3) is 5.75. The van der Waals surface area contributed by atoms with E-state index in [1.165, 1.54) is 0 Å². The summed E-state index contributed by atoms with van der Waals surface area (Å²) in [7, 11) is 0. The lowest BCUT2D eigenvalue weighted by Gasteiger charge is -2.25. The Kier molecular flexibility index (Phi) is 7.83. The first kappa shape index (κ1) is 25.9. The third-order valence-corrected chi connectivity index (χ3v) is 6.95. The molecule has 5 rings (SSSR count). The minimum Gasteiger partial charge on any atom is -0.341 e. The van der Waals surface area contributed by atoms with E-state index in [-0.39, 0.29) is 17.5 Å². The molecule has 0 saturated heterocycles. The molecule has 4 aromatic carbocycles. The van der Waals surface area contributed by atoms with Crippen molar-refractivity contribution in [1.29, 1.82) is 0 Å². The van der Waals surface area contributed by atoms with Crippen molar-refractivity contribution < 1.29 is 9.59 Å². The fraction of sp³-hybridized carbons (Fsp3) is 0.182. The van der Waals surface area contributed by atoms with Crippen molar-refractivity contribution in [1.82, 2.24) is 20.0 Å². The van der Waals surface area contributed by atoms with Crippen LogP contribution >= 0.6 is 0 Å². The molecule has 1 heterocycles. The Morgan fingerprint density at radius 3 is 2.13 bits per heavy atom. The Morgan fingerprint density at radius 2 is 1.44 bits per heavy atom. The molecular weight excluding hydrogens is 484 g/mol. The molecule has 39 heavy (non-hydrogen) atoms. The maximum atomic E-state index is 13.6. The van der Waals surface area contributed by atoms with Gasteiger partial charge in [-0.1, -0.05) is 84.9 Å². The molecule has 0 spiro atoms. The van der Waals surface area contributed by atoms with Crippen LogP contribution in [0.1, 0.15) is 29.9 Å². The minimum atomic E-state index is -0.703. The molecule has 6 nitrogen and oxygen atoms in total. The average Bonchev–Trinajstić information content (AvgIpc) is 3.44. The monoisotopic (exact) mass is 516 g/mol. The van der Waals surface area contributed by atoms with Gasteiger partial charge in [0.2, 0.25) is 5.91 Å². The van der Waals surface area contributed by atoms with Crippen LogP contribution in [0, 0.1) is 0 Å². The molecule has 0 saturated carbocycles. The van der Waals surface area contributed by atoms with E-state index < -0.39 is 6.04 Å². The maximum absolute atomic E-state index is 13.6. The summed E-state index contributed by atoms with van der Waals surface area (Å²) < 4.78 is 1.79. The lowest BCUT2D eigenvalue weighted by Crippen LogP contribution is -2.49. The van der Waals surface area contributed by atoms with Crippen molar-refractivity contribution in [2.24, 2.45) is 0 Å². The van der Waals surface area contributed by atoms with Gasteiger partial charge in [0.05, 0.1) is 11.4 Å². The van der Waals surface area contributed by atoms with Crippen molar-refractivity contribution in [3.63, 3.8) is 0 Å². The smallest absolute Gasteiger partial charge is 0.272 e. The molecule has 1 atom stereocenters. The topological polar surface area (TPSA) is 67.2 Å². The van der Waals surface area contributed by atoms with Crippen LogP contribution in [-0.4, -0.2) is 45.6 Å². The molecule has 0 bridgehead atoms. The van der Waals surface area contributed by atoms with Crippen LogP contribution in [0.15, 0.2) is 109 Å². The lowest BCUT2D eigenvalue weighted by molar-refractivity contribution is -0.132. The van der Waals surface area contributed by atoms with E-state index in [1.807, 2.05) is 92.7 Å². The number of carbonyl (C=O) groups is 2. The van der Waals surface area contributed by atoms with Crippen molar-refractivity contribution in [2.75, 3.05) is 13.1 Å². The van der Waals surface area contributed by atoms with Gasteiger partial charge in [-0.25, -0.2) is 4.68 Å². The first-order valence-corrected chi connectivity index (χ1v) is 13.4. The van der Waals surface area contributed by atoms with E-state index in [2.05, 4.69) is 29.6 Å². The predicted molar refractivity (Wildman–Crippen MR) is 156 cm³/mol. The predicted octanol–water partition coefficient (Wildman–Crippen LogP) is 5.90. The summed E-state index contributed by atoms with van der Waals surface area (Å²) in [6.45, 7) is 5.04. The van der Waals surface area contributed by atoms with Crippen molar-refractivity contribution in [3.8, 4) is 16.9 Å². The number of aromatic nitrogens is 2. The molecule has 0 aliphatic carbocycles. The number of nitrogens with one attached hydrogen (secondary N) is 1. The Morgan fingerprint density at radius 1 is 0.795 bits per heavy atom. The first-order valence-electron chi connectivity index (χ1n) is 13.4. The first-order chi connectivity index (χ1) is 19.1. The molecule has 0 aliphatic rings. The number of carbonyl (C=O) groups excluding carboxylic acids is 2. The summed E-state index contributed by atoms with van der Waals surface area (Å²) in [6, 6.07) is 35.0. The van der Waals surface area contributed by atoms with Crippen LogP contribution < -0.4 is 5.32 Å². The number of nitrogens with zero attached hydrogens (tertiary/aromatic N) is 3. The normalized spacial score (nSPS) is 11.7. The van der Waals surface area contributed by atoms with Crippen LogP contribution in [0.5, 0.6) is 0 Å². The molecule has 6 heteroatoms. The van der Waals surface area contributed by atoms with E-state index in [4.69, 9.17) is 5.10 Å². The molecule has 5 aromatic rings. The van der Waals surface area contributed by atoms with Gasteiger partial charge in [0, 0.05) is 25.1 Å². The Labute approximate surface area is 228 Å². The molecule has 1 aromatic heterocycles. The Bertz CT molecular complexity index is 1570. The van der Waals surface area contributed by atoms with Crippen LogP contribution in [0.3, 0.4) is 0 Å². The molecule has 0 radical (unpaired) electrons. The summed E-state index contributed by atoms with van der Waals surface area (Å²) in [6.07, 6.45) is 0.402. The molecule has 1 N–H and O–H groups in total. The summed E-state index contributed by atoms with van der Waals surface area (Å²) in [4.78, 5) is 28.8. The van der Waals surface area contributed by atoms with Crippen molar-refractivity contribution in [3.05, 3.63) is 120 Å². The Hall–Kier alpha value is -4.71. The standard InChI is InChI=1S/C33H32N4O2/c1-3-36(4-2)33(39)30(21-24-13-7-5-8-14-24)34-32(38)29-23-31(37(35-29)28-17-9-6-10-18-28)27-20-19-25-15-11-12-16-26(25)22-27/h5-20,22-23,30H,3-4,21H2,1-2H3,(H,34,38)/t30-/m0/s1. The van der Waals surface area contributed by atoms with E-state index in [9.17, 15) is 9.59 Å². The largest absolute Gasteiger partial charge is 0.341 e. The second-order valence-electron chi connectivity index (χ2n) is 9.45. The number of hydrogen-bond acceptors (Lipinski definition) is 3. The molecule has 2 amide bonds. The fourth-order valence-corrected chi connectivity index (χ4v) is 4.85. The summed E-state index contributed by atoms with van der Waals surface area (Å²) in [5.41, 5.74) is 3.83. The molecular formula is C33H32N4O2. The number of fused-ring (bicyclic) bond motifs is 1. The van der Waals surface area contributed by atoms with Gasteiger partial charge in [0.1, 0.15) is 6.04 Å². The van der Waals surface area contributed by atoms with Gasteiger partial charge in [0.15, 0.2) is 5.69 Å². The summed E-state index contributed by atoms with van der Waals surface area (Å²) in [5, 5.41) is 9.97. The third-order valence-electron chi connectivity index (χ3n) is 6.95. The average molecular weight is 517 g/mol. The minimum absolute atomic E-state index is 0.102. The van der Waals surface area contributed by atoms with Crippen LogP contribution in [-0.2, 0) is 11.2 Å². The number of rotatable bonds is 9. The van der Waals surface area contributed by atoms with E-state index in [0.29, 0.717) is 19.5 Å². The number of benzene rings is 4. The van der Waals surface area contributed by atoms with Crippen LogP contribution in [0.4, 0.5) is 0 Å². The second kappa shape index (κ2) is 11.8. The van der Waals surface area contributed by atoms with E-state index in [0.717, 1.165) is 33.3 Å². The number of para-hydroxylation sites is 1. The SMILES string of the molecule is CCN(CC)C(=O)[C@H](Cc1ccccc1)NC(=O)c1cc(-c2ccc3ccccc3c2)n(-c2ccccc2)n1. The van der Waals surface area contributed by atoms with Gasteiger partial charge in [0.25, 0.3) is 5.91 Å². The maximum Gasteiger partial charge on any atom is 0.272 e. The molecule has 0 unspecified atom stereocenters. The molecule has 0 aliphatic heterocycles. The van der Waals surface area contributed by atoms with Gasteiger partial charge >= 0.3 is 0 Å². The number of likely N-dealkylation sites (N-methyl/N-ethyl adjacent to an activating group) is 1. The van der Waals surface area contributed by atoms with Crippen LogP contribution in [0.25, 0.3) is 27.7 Å². The van der Waals surface area contributed by atoms with Gasteiger partial charge < -0.3 is 10.2 Å². The number of hydrogen-bond donors (Lipinski definition) is 1. The lowest BCUT2D eigenvalue weighted by atomic mass is 10.0. The zero-order valence-electron chi connectivity index (χ0n) is 22.2. The van der Waals surface area contributed by atoms with E-state index in [1.54, 1.807) is 15.6 Å². The second-order valence-corrected chi connectivity index (χ2v) is 9.45. The zero-order valence-corrected chi connectivity index (χ0v) is 22.2. The fourth-order valence-electron chi connectivity index (χ4n) is 4.85. The molecule has 196 valence electrons. The van der Waals surface area contributed by atoms with Crippen molar-refractivity contribution in [2.45, 2.75) is 26.3 Å². The number of amides is 2. The highest BCUT2D eigenvalue weighted by atomic mass is 16.2. The van der Waals surface area contributed by atoms with Gasteiger partial charge in [-0.2, -0.15) is 5.10 Å². The van der Waals surface area contributed by atoms with Crippen molar-refractivity contribution >= 4 is 22.6 Å².